The summed E-state index contributed by atoms with van der Waals surface area (Å²) in [6.45, 7) is 0.287. The fourth-order valence-corrected chi connectivity index (χ4v) is 2.49. The second kappa shape index (κ2) is 6.08. The van der Waals surface area contributed by atoms with E-state index < -0.39 is 0 Å². The lowest BCUT2D eigenvalue weighted by atomic mass is 10.2. The fourth-order valence-electron chi connectivity index (χ4n) is 2.49. The minimum Gasteiger partial charge on any atom is -0.463 e. The van der Waals surface area contributed by atoms with E-state index in [2.05, 4.69) is 15.1 Å². The summed E-state index contributed by atoms with van der Waals surface area (Å²) in [7, 11) is 0. The molecule has 0 aliphatic rings. The molecule has 0 saturated heterocycles. The zero-order chi connectivity index (χ0) is 16.4. The van der Waals surface area contributed by atoms with Gasteiger partial charge in [-0.1, -0.05) is 18.2 Å². The molecular weight excluding hydrogens is 307 g/mol. The summed E-state index contributed by atoms with van der Waals surface area (Å²) >= 11 is 0. The molecule has 4 rings (SSSR count). The molecule has 0 amide bonds. The highest BCUT2D eigenvalue weighted by Crippen LogP contribution is 2.26. The van der Waals surface area contributed by atoms with Gasteiger partial charge in [0.25, 0.3) is 0 Å². The highest BCUT2D eigenvalue weighted by molar-refractivity contribution is 5.61. The summed E-state index contributed by atoms with van der Waals surface area (Å²) in [6.07, 6.45) is 4.91. The number of benzene rings is 1. The number of hydrogen-bond acceptors (Lipinski definition) is 4. The van der Waals surface area contributed by atoms with E-state index >= 15 is 0 Å². The lowest BCUT2D eigenvalue weighted by Crippen LogP contribution is -2.05. The van der Waals surface area contributed by atoms with Crippen LogP contribution in [0, 0.1) is 5.82 Å². The maximum atomic E-state index is 14.0. The van der Waals surface area contributed by atoms with Crippen molar-refractivity contribution in [2.75, 3.05) is 0 Å². The number of nitrogens with zero attached hydrogens (tertiary/aromatic N) is 4. The van der Waals surface area contributed by atoms with E-state index in [9.17, 15) is 4.39 Å². The number of furan rings is 1. The van der Waals surface area contributed by atoms with Gasteiger partial charge in [0, 0.05) is 18.0 Å². The van der Waals surface area contributed by atoms with Crippen LogP contribution in [0.5, 0.6) is 0 Å². The number of aromatic nitrogens is 4. The van der Waals surface area contributed by atoms with Crippen LogP contribution in [-0.4, -0.2) is 19.7 Å². The lowest BCUT2D eigenvalue weighted by molar-refractivity contribution is 0.560. The van der Waals surface area contributed by atoms with Gasteiger partial charge in [-0.05, 0) is 30.3 Å². The Morgan fingerprint density at radius 3 is 2.58 bits per heavy atom. The highest BCUT2D eigenvalue weighted by atomic mass is 19.1. The topological polar surface area (TPSA) is 56.7 Å². The van der Waals surface area contributed by atoms with Crippen LogP contribution in [0.2, 0.25) is 0 Å². The van der Waals surface area contributed by atoms with Gasteiger partial charge < -0.3 is 4.42 Å². The van der Waals surface area contributed by atoms with Gasteiger partial charge in [0.2, 0.25) is 0 Å². The molecule has 0 spiro atoms. The number of hydrogen-bond donors (Lipinski definition) is 0. The Morgan fingerprint density at radius 2 is 1.83 bits per heavy atom. The molecule has 24 heavy (non-hydrogen) atoms. The molecule has 3 aromatic heterocycles. The van der Waals surface area contributed by atoms with E-state index in [0.717, 1.165) is 5.69 Å². The van der Waals surface area contributed by atoms with Gasteiger partial charge in [-0.25, -0.2) is 14.4 Å². The quantitative estimate of drug-likeness (QED) is 0.574. The Morgan fingerprint density at radius 1 is 1.00 bits per heavy atom. The molecule has 0 unspecified atom stereocenters. The Labute approximate surface area is 137 Å². The third-order valence-electron chi connectivity index (χ3n) is 3.63. The van der Waals surface area contributed by atoms with Gasteiger partial charge in [-0.3, -0.25) is 4.68 Å². The lowest BCUT2D eigenvalue weighted by Gasteiger charge is -2.06. The van der Waals surface area contributed by atoms with Crippen LogP contribution in [0.1, 0.15) is 5.56 Å². The molecule has 0 saturated carbocycles. The van der Waals surface area contributed by atoms with Crippen LogP contribution in [0.4, 0.5) is 4.39 Å². The third kappa shape index (κ3) is 2.69. The first-order valence-corrected chi connectivity index (χ1v) is 7.44. The second-order valence-electron chi connectivity index (χ2n) is 5.21. The zero-order valence-electron chi connectivity index (χ0n) is 12.6. The van der Waals surface area contributed by atoms with Crippen LogP contribution >= 0.6 is 0 Å². The summed E-state index contributed by atoms with van der Waals surface area (Å²) in [4.78, 5) is 8.44. The van der Waals surface area contributed by atoms with E-state index in [4.69, 9.17) is 4.42 Å². The van der Waals surface area contributed by atoms with Crippen molar-refractivity contribution in [2.45, 2.75) is 6.54 Å². The van der Waals surface area contributed by atoms with Crippen molar-refractivity contribution in [3.05, 3.63) is 78.6 Å². The summed E-state index contributed by atoms with van der Waals surface area (Å²) in [5.74, 6) is 0.898. The molecular formula is C18H13FN4O. The molecule has 6 heteroatoms. The van der Waals surface area contributed by atoms with Gasteiger partial charge in [-0.2, -0.15) is 5.10 Å². The first-order chi connectivity index (χ1) is 11.8. The molecule has 0 aliphatic heterocycles. The van der Waals surface area contributed by atoms with E-state index in [0.29, 0.717) is 22.8 Å². The number of rotatable bonds is 4. The van der Waals surface area contributed by atoms with Gasteiger partial charge in [-0.15, -0.1) is 0 Å². The van der Waals surface area contributed by atoms with Crippen molar-refractivity contribution in [3.8, 4) is 23.0 Å². The molecule has 1 aromatic carbocycles. The molecule has 0 N–H and O–H groups in total. The maximum absolute atomic E-state index is 14.0. The summed E-state index contributed by atoms with van der Waals surface area (Å²) < 4.78 is 21.2. The largest absolute Gasteiger partial charge is 0.463 e. The first kappa shape index (κ1) is 14.3. The molecule has 4 aromatic rings. The monoisotopic (exact) mass is 320 g/mol. The van der Waals surface area contributed by atoms with Gasteiger partial charge >= 0.3 is 0 Å². The van der Waals surface area contributed by atoms with Crippen LogP contribution < -0.4 is 0 Å². The minimum atomic E-state index is -0.268. The van der Waals surface area contributed by atoms with Crippen LogP contribution in [0.15, 0.2) is 71.6 Å². The van der Waals surface area contributed by atoms with Crippen molar-refractivity contribution in [1.82, 2.24) is 19.7 Å². The first-order valence-electron chi connectivity index (χ1n) is 7.44. The molecule has 0 fully saturated rings. The standard InChI is InChI=1S/C18H13FN4O/c19-14-6-2-1-5-13(14)12-23-16(17-7-3-10-24-17)11-15(22-23)18-20-8-4-9-21-18/h1-11H,12H2. The number of halogens is 1. The van der Waals surface area contributed by atoms with Crippen molar-refractivity contribution in [1.29, 1.82) is 0 Å². The molecule has 5 nitrogen and oxygen atoms in total. The SMILES string of the molecule is Fc1ccccc1Cn1nc(-c2ncccn2)cc1-c1ccco1. The summed E-state index contributed by atoms with van der Waals surface area (Å²) in [5, 5.41) is 4.54. The van der Waals surface area contributed by atoms with Crippen molar-refractivity contribution in [3.63, 3.8) is 0 Å². The maximum Gasteiger partial charge on any atom is 0.180 e. The second-order valence-corrected chi connectivity index (χ2v) is 5.21. The van der Waals surface area contributed by atoms with Crippen molar-refractivity contribution in [2.24, 2.45) is 0 Å². The zero-order valence-corrected chi connectivity index (χ0v) is 12.6. The Bertz CT molecular complexity index is 948. The van der Waals surface area contributed by atoms with Crippen molar-refractivity contribution < 1.29 is 8.81 Å². The summed E-state index contributed by atoms with van der Waals surface area (Å²) in [6, 6.07) is 13.9. The van der Waals surface area contributed by atoms with Crippen LogP contribution in [0.25, 0.3) is 23.0 Å². The third-order valence-corrected chi connectivity index (χ3v) is 3.63. The molecule has 0 bridgehead atoms. The Kier molecular flexibility index (Phi) is 3.63. The van der Waals surface area contributed by atoms with E-state index in [1.807, 2.05) is 12.1 Å². The van der Waals surface area contributed by atoms with Gasteiger partial charge in [0.15, 0.2) is 11.6 Å². The van der Waals surface area contributed by atoms with E-state index in [1.54, 1.807) is 53.7 Å². The van der Waals surface area contributed by atoms with E-state index in [-0.39, 0.29) is 12.4 Å². The van der Waals surface area contributed by atoms with Crippen molar-refractivity contribution >= 4 is 0 Å². The van der Waals surface area contributed by atoms with Crippen LogP contribution in [0.3, 0.4) is 0 Å². The molecule has 118 valence electrons. The fraction of sp³-hybridized carbons (Fsp3) is 0.0556. The average Bonchev–Trinajstić information content (AvgIpc) is 3.27. The molecule has 0 atom stereocenters. The molecule has 3 heterocycles. The van der Waals surface area contributed by atoms with Gasteiger partial charge in [0.1, 0.15) is 17.2 Å². The molecule has 0 radical (unpaired) electrons. The smallest absolute Gasteiger partial charge is 0.180 e. The average molecular weight is 320 g/mol. The summed E-state index contributed by atoms with van der Waals surface area (Å²) in [5.41, 5.74) is 1.90. The normalized spacial score (nSPS) is 10.9. The van der Waals surface area contributed by atoms with Crippen LogP contribution in [-0.2, 0) is 6.54 Å². The molecule has 0 aliphatic carbocycles. The predicted molar refractivity (Wildman–Crippen MR) is 86.5 cm³/mol. The predicted octanol–water partition coefficient (Wildman–Crippen LogP) is 3.79. The minimum absolute atomic E-state index is 0.268. The van der Waals surface area contributed by atoms with Gasteiger partial charge in [0.05, 0.1) is 12.8 Å². The highest BCUT2D eigenvalue weighted by Gasteiger charge is 2.16. The Balaban J connectivity index is 1.80. The Hall–Kier alpha value is -3.28. The van der Waals surface area contributed by atoms with E-state index in [1.165, 1.54) is 6.07 Å².